The Labute approximate surface area is 119 Å². The summed E-state index contributed by atoms with van der Waals surface area (Å²) >= 11 is 5.78. The van der Waals surface area contributed by atoms with Crippen LogP contribution < -0.4 is 5.43 Å². The summed E-state index contributed by atoms with van der Waals surface area (Å²) < 4.78 is 19.4. The summed E-state index contributed by atoms with van der Waals surface area (Å²) in [6.45, 7) is 0.304. The molecule has 1 heterocycles. The predicted molar refractivity (Wildman–Crippen MR) is 72.6 cm³/mol. The summed E-state index contributed by atoms with van der Waals surface area (Å²) in [5.41, 5.74) is -0.445. The van der Waals surface area contributed by atoms with Crippen molar-refractivity contribution in [3.05, 3.63) is 68.8 Å². The standard InChI is InChI=1S/C14H11ClFNO3/c1-20-14(19)11-7-17(8-12(16)13(11)18)6-9-2-4-10(15)5-3-9/h2-5,7-8H,6H2,1H3. The average molecular weight is 296 g/mol. The van der Waals surface area contributed by atoms with E-state index in [4.69, 9.17) is 11.6 Å². The minimum atomic E-state index is -0.998. The van der Waals surface area contributed by atoms with Crippen LogP contribution in [0.15, 0.2) is 41.5 Å². The third-order valence-electron chi connectivity index (χ3n) is 2.72. The highest BCUT2D eigenvalue weighted by molar-refractivity contribution is 6.30. The van der Waals surface area contributed by atoms with Gasteiger partial charge in [-0.1, -0.05) is 23.7 Å². The first-order chi connectivity index (χ1) is 9.51. The van der Waals surface area contributed by atoms with Crippen LogP contribution >= 0.6 is 11.6 Å². The van der Waals surface area contributed by atoms with Crippen molar-refractivity contribution in [1.82, 2.24) is 4.57 Å². The number of halogens is 2. The van der Waals surface area contributed by atoms with E-state index in [0.717, 1.165) is 18.9 Å². The first-order valence-electron chi connectivity index (χ1n) is 5.73. The van der Waals surface area contributed by atoms with Gasteiger partial charge >= 0.3 is 5.97 Å². The van der Waals surface area contributed by atoms with E-state index >= 15 is 0 Å². The lowest BCUT2D eigenvalue weighted by molar-refractivity contribution is 0.0597. The Hall–Kier alpha value is -2.14. The second-order valence-corrected chi connectivity index (χ2v) is 4.58. The first kappa shape index (κ1) is 14.3. The molecule has 0 aliphatic heterocycles. The van der Waals surface area contributed by atoms with Crippen molar-refractivity contribution in [3.63, 3.8) is 0 Å². The largest absolute Gasteiger partial charge is 0.465 e. The Bertz CT molecular complexity index is 695. The molecule has 6 heteroatoms. The average Bonchev–Trinajstić information content (AvgIpc) is 2.44. The Balaban J connectivity index is 2.38. The van der Waals surface area contributed by atoms with E-state index in [-0.39, 0.29) is 5.56 Å². The van der Waals surface area contributed by atoms with Crippen molar-refractivity contribution in [2.75, 3.05) is 7.11 Å². The Morgan fingerprint density at radius 2 is 1.95 bits per heavy atom. The van der Waals surface area contributed by atoms with Crippen LogP contribution in [0.2, 0.25) is 5.02 Å². The van der Waals surface area contributed by atoms with Crippen LogP contribution in [0.1, 0.15) is 15.9 Å². The zero-order valence-electron chi connectivity index (χ0n) is 10.6. The van der Waals surface area contributed by atoms with Gasteiger partial charge in [0, 0.05) is 24.0 Å². The molecule has 0 saturated heterocycles. The van der Waals surface area contributed by atoms with Crippen LogP contribution in [-0.4, -0.2) is 17.6 Å². The number of carbonyl (C=O) groups excluding carboxylic acids is 1. The van der Waals surface area contributed by atoms with Crippen molar-refractivity contribution in [2.45, 2.75) is 6.54 Å². The van der Waals surface area contributed by atoms with Crippen molar-refractivity contribution in [3.8, 4) is 0 Å². The molecular formula is C14H11ClFNO3. The third-order valence-corrected chi connectivity index (χ3v) is 2.97. The lowest BCUT2D eigenvalue weighted by Gasteiger charge is -2.09. The highest BCUT2D eigenvalue weighted by Crippen LogP contribution is 2.11. The molecule has 0 atom stereocenters. The van der Waals surface area contributed by atoms with Crippen LogP contribution in [0.3, 0.4) is 0 Å². The van der Waals surface area contributed by atoms with Gasteiger partial charge in [0.05, 0.1) is 7.11 Å². The van der Waals surface area contributed by atoms with Gasteiger partial charge in [0.15, 0.2) is 5.82 Å². The van der Waals surface area contributed by atoms with Crippen LogP contribution in [0.25, 0.3) is 0 Å². The van der Waals surface area contributed by atoms with Crippen LogP contribution in [0, 0.1) is 5.82 Å². The molecule has 0 aliphatic rings. The van der Waals surface area contributed by atoms with Crippen molar-refractivity contribution in [1.29, 1.82) is 0 Å². The highest BCUT2D eigenvalue weighted by atomic mass is 35.5. The zero-order chi connectivity index (χ0) is 14.7. The van der Waals surface area contributed by atoms with Crippen molar-refractivity contribution >= 4 is 17.6 Å². The van der Waals surface area contributed by atoms with E-state index in [0.29, 0.717) is 11.6 Å². The van der Waals surface area contributed by atoms with Gasteiger partial charge < -0.3 is 9.30 Å². The molecule has 0 N–H and O–H groups in total. The van der Waals surface area contributed by atoms with Gasteiger partial charge in [-0.2, -0.15) is 0 Å². The molecule has 0 bridgehead atoms. The number of hydrogen-bond donors (Lipinski definition) is 0. The molecule has 0 aliphatic carbocycles. The lowest BCUT2D eigenvalue weighted by atomic mass is 10.2. The summed E-state index contributed by atoms with van der Waals surface area (Å²) in [6, 6.07) is 6.96. The predicted octanol–water partition coefficient (Wildman–Crippen LogP) is 2.48. The number of benzene rings is 1. The van der Waals surface area contributed by atoms with Gasteiger partial charge in [0.25, 0.3) is 0 Å². The van der Waals surface area contributed by atoms with Gasteiger partial charge in [-0.15, -0.1) is 0 Å². The molecule has 0 amide bonds. The van der Waals surface area contributed by atoms with Crippen LogP contribution in [0.5, 0.6) is 0 Å². The number of ether oxygens (including phenoxy) is 1. The second-order valence-electron chi connectivity index (χ2n) is 4.14. The summed E-state index contributed by atoms with van der Waals surface area (Å²) in [6.07, 6.45) is 2.31. The van der Waals surface area contributed by atoms with E-state index < -0.39 is 17.2 Å². The molecule has 1 aromatic heterocycles. The van der Waals surface area contributed by atoms with Crippen LogP contribution in [-0.2, 0) is 11.3 Å². The van der Waals surface area contributed by atoms with Gasteiger partial charge in [0.1, 0.15) is 5.56 Å². The van der Waals surface area contributed by atoms with Gasteiger partial charge in [-0.3, -0.25) is 4.79 Å². The third kappa shape index (κ3) is 3.05. The number of methoxy groups -OCH3 is 1. The second kappa shape index (κ2) is 5.88. The molecule has 104 valence electrons. The van der Waals surface area contributed by atoms with E-state index in [1.807, 2.05) is 0 Å². The maximum absolute atomic E-state index is 13.5. The fraction of sp³-hybridized carbons (Fsp3) is 0.143. The quantitative estimate of drug-likeness (QED) is 0.817. The Morgan fingerprint density at radius 1 is 1.30 bits per heavy atom. The topological polar surface area (TPSA) is 48.3 Å². The smallest absolute Gasteiger partial charge is 0.343 e. The Morgan fingerprint density at radius 3 is 2.55 bits per heavy atom. The molecule has 0 fully saturated rings. The van der Waals surface area contributed by atoms with E-state index in [2.05, 4.69) is 4.74 Å². The molecule has 0 radical (unpaired) electrons. The van der Waals surface area contributed by atoms with Gasteiger partial charge in [-0.25, -0.2) is 9.18 Å². The molecule has 0 unspecified atom stereocenters. The zero-order valence-corrected chi connectivity index (χ0v) is 11.4. The molecule has 0 spiro atoms. The summed E-state index contributed by atoms with van der Waals surface area (Å²) in [7, 11) is 1.14. The van der Waals surface area contributed by atoms with Crippen LogP contribution in [0.4, 0.5) is 4.39 Å². The molecule has 4 nitrogen and oxygen atoms in total. The number of aromatic nitrogens is 1. The summed E-state index contributed by atoms with van der Waals surface area (Å²) in [5, 5.41) is 0.593. The fourth-order valence-electron chi connectivity index (χ4n) is 1.74. The number of esters is 1. The maximum Gasteiger partial charge on any atom is 0.343 e. The lowest BCUT2D eigenvalue weighted by Crippen LogP contribution is -2.22. The molecule has 0 saturated carbocycles. The Kier molecular flexibility index (Phi) is 4.20. The number of hydrogen-bond acceptors (Lipinski definition) is 3. The van der Waals surface area contributed by atoms with E-state index in [1.54, 1.807) is 24.3 Å². The number of carbonyl (C=O) groups is 1. The van der Waals surface area contributed by atoms with Gasteiger partial charge in [0.2, 0.25) is 5.43 Å². The van der Waals surface area contributed by atoms with Crippen molar-refractivity contribution < 1.29 is 13.9 Å². The SMILES string of the molecule is COC(=O)c1cn(Cc2ccc(Cl)cc2)cc(F)c1=O. The first-order valence-corrected chi connectivity index (χ1v) is 6.11. The maximum atomic E-state index is 13.5. The minimum Gasteiger partial charge on any atom is -0.465 e. The summed E-state index contributed by atoms with van der Waals surface area (Å²) in [5.74, 6) is -1.86. The molecule has 1 aromatic carbocycles. The minimum absolute atomic E-state index is 0.304. The highest BCUT2D eigenvalue weighted by Gasteiger charge is 2.15. The summed E-state index contributed by atoms with van der Waals surface area (Å²) in [4.78, 5) is 22.9. The fourth-order valence-corrected chi connectivity index (χ4v) is 1.87. The van der Waals surface area contributed by atoms with Crippen molar-refractivity contribution in [2.24, 2.45) is 0 Å². The number of pyridine rings is 1. The molecule has 20 heavy (non-hydrogen) atoms. The number of nitrogens with zero attached hydrogens (tertiary/aromatic N) is 1. The molecule has 2 aromatic rings. The van der Waals surface area contributed by atoms with Gasteiger partial charge in [-0.05, 0) is 17.7 Å². The monoisotopic (exact) mass is 295 g/mol. The normalized spacial score (nSPS) is 10.3. The van der Waals surface area contributed by atoms with E-state index in [1.165, 1.54) is 10.8 Å². The molecule has 2 rings (SSSR count). The molecular weight excluding hydrogens is 285 g/mol. The van der Waals surface area contributed by atoms with E-state index in [9.17, 15) is 14.0 Å². The number of rotatable bonds is 3.